The number of carbonyl (C=O) groups is 1. The summed E-state index contributed by atoms with van der Waals surface area (Å²) in [6, 6.07) is 21.9. The molecule has 0 aliphatic heterocycles. The van der Waals surface area contributed by atoms with Gasteiger partial charge in [-0.15, -0.1) is 0 Å². The minimum absolute atomic E-state index is 0.127. The Hall–Kier alpha value is -3.40. The molecule has 0 aliphatic carbocycles. The van der Waals surface area contributed by atoms with E-state index in [2.05, 4.69) is 72.8 Å². The number of hydrogen-bond donors (Lipinski definition) is 1. The second-order valence-electron chi connectivity index (χ2n) is 8.38. The van der Waals surface area contributed by atoms with Gasteiger partial charge in [0.2, 0.25) is 0 Å². The lowest BCUT2D eigenvalue weighted by atomic mass is 9.86. The molecule has 0 spiro atoms. The molecule has 4 nitrogen and oxygen atoms in total. The highest BCUT2D eigenvalue weighted by Crippen LogP contribution is 2.30. The maximum absolute atomic E-state index is 11.0. The number of nitrogens with zero attached hydrogens (tertiary/aromatic N) is 2. The predicted molar refractivity (Wildman–Crippen MR) is 116 cm³/mol. The maximum Gasteiger partial charge on any atom is 0.335 e. The van der Waals surface area contributed by atoms with Crippen molar-refractivity contribution < 1.29 is 9.90 Å². The average Bonchev–Trinajstić information content (AvgIpc) is 3.11. The van der Waals surface area contributed by atoms with Gasteiger partial charge in [-0.25, -0.2) is 9.78 Å². The summed E-state index contributed by atoms with van der Waals surface area (Å²) < 4.78 is 2.10. The van der Waals surface area contributed by atoms with E-state index in [0.29, 0.717) is 12.1 Å². The molecule has 0 amide bonds. The minimum Gasteiger partial charge on any atom is -0.478 e. The van der Waals surface area contributed by atoms with E-state index in [1.165, 1.54) is 5.56 Å². The third kappa shape index (κ3) is 3.79. The lowest BCUT2D eigenvalue weighted by molar-refractivity contribution is 0.0697. The van der Waals surface area contributed by atoms with E-state index < -0.39 is 5.97 Å². The molecule has 0 atom stereocenters. The van der Waals surface area contributed by atoms with Crippen molar-refractivity contribution in [2.75, 3.05) is 0 Å². The van der Waals surface area contributed by atoms with Crippen molar-refractivity contribution in [2.24, 2.45) is 0 Å². The van der Waals surface area contributed by atoms with Gasteiger partial charge in [-0.2, -0.15) is 0 Å². The number of imidazole rings is 1. The van der Waals surface area contributed by atoms with Crippen LogP contribution < -0.4 is 0 Å². The number of aromatic carboxylic acids is 1. The fourth-order valence-electron chi connectivity index (χ4n) is 3.55. The molecule has 4 rings (SSSR count). The molecule has 0 aliphatic rings. The molecule has 4 aromatic rings. The molecule has 3 aromatic carbocycles. The third-order valence-electron chi connectivity index (χ3n) is 5.27. The van der Waals surface area contributed by atoms with Gasteiger partial charge >= 0.3 is 5.97 Å². The van der Waals surface area contributed by atoms with Crippen LogP contribution >= 0.6 is 0 Å². The Morgan fingerprint density at radius 3 is 2.28 bits per heavy atom. The topological polar surface area (TPSA) is 55.1 Å². The third-order valence-corrected chi connectivity index (χ3v) is 5.27. The van der Waals surface area contributed by atoms with Gasteiger partial charge in [0.1, 0.15) is 0 Å². The Bertz CT molecular complexity index is 1160. The minimum atomic E-state index is -0.910. The summed E-state index contributed by atoms with van der Waals surface area (Å²) in [7, 11) is 0. The standard InChI is InChI=1S/C25H24N2O2/c1-25(2,3)20-13-11-18(12-14-20)21-5-4-6-22-23(21)26-16-27(22)15-17-7-9-19(10-8-17)24(28)29/h4-14,16H,15H2,1-3H3,(H,28,29). The van der Waals surface area contributed by atoms with Crippen LogP contribution in [0.1, 0.15) is 42.3 Å². The first kappa shape index (κ1) is 18.9. The number of fused-ring (bicyclic) bond motifs is 1. The van der Waals surface area contributed by atoms with Crippen molar-refractivity contribution in [2.45, 2.75) is 32.7 Å². The molecule has 0 saturated heterocycles. The Morgan fingerprint density at radius 1 is 0.966 bits per heavy atom. The van der Waals surface area contributed by atoms with Crippen molar-refractivity contribution in [1.82, 2.24) is 9.55 Å². The molecular formula is C25H24N2O2. The Labute approximate surface area is 170 Å². The van der Waals surface area contributed by atoms with E-state index in [1.54, 1.807) is 12.1 Å². The molecule has 0 fully saturated rings. The second-order valence-corrected chi connectivity index (χ2v) is 8.38. The van der Waals surface area contributed by atoms with Crippen LogP contribution in [0.4, 0.5) is 0 Å². The molecule has 0 bridgehead atoms. The van der Waals surface area contributed by atoms with Gasteiger partial charge in [-0.1, -0.05) is 69.3 Å². The molecule has 146 valence electrons. The normalized spacial score (nSPS) is 11.7. The summed E-state index contributed by atoms with van der Waals surface area (Å²) in [5.74, 6) is -0.910. The Balaban J connectivity index is 1.67. The summed E-state index contributed by atoms with van der Waals surface area (Å²) in [4.78, 5) is 15.7. The Morgan fingerprint density at radius 2 is 1.66 bits per heavy atom. The highest BCUT2D eigenvalue weighted by atomic mass is 16.4. The molecule has 1 N–H and O–H groups in total. The predicted octanol–water partition coefficient (Wildman–Crippen LogP) is 5.75. The summed E-state index contributed by atoms with van der Waals surface area (Å²) in [5, 5.41) is 9.06. The molecule has 0 unspecified atom stereocenters. The Kier molecular flexibility index (Phi) is 4.71. The SMILES string of the molecule is CC(C)(C)c1ccc(-c2cccc3c2ncn3Cc2ccc(C(=O)O)cc2)cc1. The average molecular weight is 384 g/mol. The molecule has 29 heavy (non-hydrogen) atoms. The van der Waals surface area contributed by atoms with Crippen molar-refractivity contribution >= 4 is 17.0 Å². The summed E-state index contributed by atoms with van der Waals surface area (Å²) in [6.45, 7) is 7.29. The van der Waals surface area contributed by atoms with Gasteiger partial charge in [-0.05, 0) is 40.3 Å². The number of rotatable bonds is 4. The number of carboxylic acids is 1. The zero-order valence-corrected chi connectivity index (χ0v) is 16.9. The number of hydrogen-bond acceptors (Lipinski definition) is 2. The number of aromatic nitrogens is 2. The summed E-state index contributed by atoms with van der Waals surface area (Å²) in [6.07, 6.45) is 1.85. The second kappa shape index (κ2) is 7.21. The molecule has 0 saturated carbocycles. The fourth-order valence-corrected chi connectivity index (χ4v) is 3.55. The van der Waals surface area contributed by atoms with Gasteiger partial charge in [0.05, 0.1) is 22.9 Å². The monoisotopic (exact) mass is 384 g/mol. The van der Waals surface area contributed by atoms with Crippen LogP contribution in [0, 0.1) is 0 Å². The van der Waals surface area contributed by atoms with E-state index in [-0.39, 0.29) is 5.41 Å². The first-order chi connectivity index (χ1) is 13.8. The fraction of sp³-hybridized carbons (Fsp3) is 0.200. The van der Waals surface area contributed by atoms with Gasteiger partial charge in [0, 0.05) is 12.1 Å². The van der Waals surface area contributed by atoms with Crippen LogP contribution in [0.2, 0.25) is 0 Å². The smallest absolute Gasteiger partial charge is 0.335 e. The zero-order valence-electron chi connectivity index (χ0n) is 16.9. The van der Waals surface area contributed by atoms with Crippen LogP contribution in [0.3, 0.4) is 0 Å². The molecule has 4 heteroatoms. The van der Waals surface area contributed by atoms with Crippen molar-refractivity contribution in [3.05, 3.63) is 89.7 Å². The van der Waals surface area contributed by atoms with Crippen LogP contribution in [0.5, 0.6) is 0 Å². The van der Waals surface area contributed by atoms with Crippen molar-refractivity contribution in [3.63, 3.8) is 0 Å². The van der Waals surface area contributed by atoms with E-state index in [0.717, 1.165) is 27.7 Å². The number of benzene rings is 3. The molecule has 0 radical (unpaired) electrons. The van der Waals surface area contributed by atoms with E-state index in [1.807, 2.05) is 18.5 Å². The zero-order chi connectivity index (χ0) is 20.6. The van der Waals surface area contributed by atoms with Crippen LogP contribution in [0.15, 0.2) is 73.1 Å². The van der Waals surface area contributed by atoms with Crippen LogP contribution in [-0.4, -0.2) is 20.6 Å². The van der Waals surface area contributed by atoms with Gasteiger partial charge in [-0.3, -0.25) is 0 Å². The highest BCUT2D eigenvalue weighted by molar-refractivity contribution is 5.92. The molecule has 1 heterocycles. The maximum atomic E-state index is 11.0. The van der Waals surface area contributed by atoms with Gasteiger partial charge in [0.25, 0.3) is 0 Å². The number of carboxylic acid groups (broad SMARTS) is 1. The lowest BCUT2D eigenvalue weighted by Gasteiger charge is -2.19. The first-order valence-electron chi connectivity index (χ1n) is 9.70. The van der Waals surface area contributed by atoms with Crippen molar-refractivity contribution in [3.8, 4) is 11.1 Å². The lowest BCUT2D eigenvalue weighted by Crippen LogP contribution is -2.10. The quantitative estimate of drug-likeness (QED) is 0.487. The van der Waals surface area contributed by atoms with E-state index in [4.69, 9.17) is 5.11 Å². The highest BCUT2D eigenvalue weighted by Gasteiger charge is 2.14. The summed E-state index contributed by atoms with van der Waals surface area (Å²) >= 11 is 0. The van der Waals surface area contributed by atoms with Gasteiger partial charge in [0.15, 0.2) is 0 Å². The molecular weight excluding hydrogens is 360 g/mol. The largest absolute Gasteiger partial charge is 0.478 e. The van der Waals surface area contributed by atoms with Crippen LogP contribution in [-0.2, 0) is 12.0 Å². The number of para-hydroxylation sites is 1. The molecule has 1 aromatic heterocycles. The van der Waals surface area contributed by atoms with Crippen molar-refractivity contribution in [1.29, 1.82) is 0 Å². The van der Waals surface area contributed by atoms with Crippen LogP contribution in [0.25, 0.3) is 22.2 Å². The summed E-state index contributed by atoms with van der Waals surface area (Å²) in [5.41, 5.74) is 7.07. The van der Waals surface area contributed by atoms with Gasteiger partial charge < -0.3 is 9.67 Å². The van der Waals surface area contributed by atoms with E-state index in [9.17, 15) is 4.79 Å². The first-order valence-corrected chi connectivity index (χ1v) is 9.70. The van der Waals surface area contributed by atoms with E-state index >= 15 is 0 Å².